The molecule has 0 radical (unpaired) electrons. The number of rotatable bonds is 8. The highest BCUT2D eigenvalue weighted by Crippen LogP contribution is 2.17. The Balaban J connectivity index is 0.00000484. The topological polar surface area (TPSA) is 75.6 Å². The van der Waals surface area contributed by atoms with E-state index in [-0.39, 0.29) is 29.9 Å². The first-order valence-electron chi connectivity index (χ1n) is 7.58. The number of carbonyl (C=O) groups is 1. The molecule has 23 heavy (non-hydrogen) atoms. The molecule has 1 aromatic rings. The summed E-state index contributed by atoms with van der Waals surface area (Å²) < 4.78 is 4.62. The molecule has 1 rings (SSSR count). The second-order valence-electron chi connectivity index (χ2n) is 4.90. The molecule has 0 aliphatic heterocycles. The molecule has 2 N–H and O–H groups in total. The third-order valence-corrected chi connectivity index (χ3v) is 4.11. The summed E-state index contributed by atoms with van der Waals surface area (Å²) in [5, 5.41) is 7.57. The number of carbonyl (C=O) groups excluding carboxylic acids is 1. The Morgan fingerprint density at radius 2 is 2.04 bits per heavy atom. The normalized spacial score (nSPS) is 10.9. The minimum absolute atomic E-state index is 0. The lowest BCUT2D eigenvalue weighted by Crippen LogP contribution is -2.37. The van der Waals surface area contributed by atoms with E-state index in [1.54, 1.807) is 11.3 Å². The van der Waals surface area contributed by atoms with Crippen LogP contribution in [0.3, 0.4) is 0 Å². The fraction of sp³-hybridized carbons (Fsp3) is 0.667. The summed E-state index contributed by atoms with van der Waals surface area (Å²) in [4.78, 5) is 21.2. The molecule has 1 heterocycles. The number of thiazole rings is 1. The SMILES string of the molecule is CCNC(=NCc1sc(C)nc1C)NCCCCC(=O)OC.I. The smallest absolute Gasteiger partial charge is 0.305 e. The molecule has 8 heteroatoms. The van der Waals surface area contributed by atoms with Gasteiger partial charge in [0.1, 0.15) is 0 Å². The average molecular weight is 454 g/mol. The second kappa shape index (κ2) is 12.5. The highest BCUT2D eigenvalue weighted by atomic mass is 127. The van der Waals surface area contributed by atoms with Gasteiger partial charge in [0.15, 0.2) is 5.96 Å². The Kier molecular flexibility index (Phi) is 12.0. The summed E-state index contributed by atoms with van der Waals surface area (Å²) in [6.07, 6.45) is 2.18. The van der Waals surface area contributed by atoms with Crippen molar-refractivity contribution in [2.75, 3.05) is 20.2 Å². The summed E-state index contributed by atoms with van der Waals surface area (Å²) in [5.41, 5.74) is 1.06. The van der Waals surface area contributed by atoms with Gasteiger partial charge in [-0.05, 0) is 33.6 Å². The Morgan fingerprint density at radius 3 is 2.61 bits per heavy atom. The Bertz CT molecular complexity index is 506. The summed E-state index contributed by atoms with van der Waals surface area (Å²) in [7, 11) is 1.42. The van der Waals surface area contributed by atoms with Crippen LogP contribution < -0.4 is 10.6 Å². The van der Waals surface area contributed by atoms with E-state index in [4.69, 9.17) is 0 Å². The Hall–Kier alpha value is -0.900. The fourth-order valence-corrected chi connectivity index (χ4v) is 2.78. The fourth-order valence-electron chi connectivity index (χ4n) is 1.92. The zero-order chi connectivity index (χ0) is 16.4. The van der Waals surface area contributed by atoms with Crippen LogP contribution in [0.25, 0.3) is 0 Å². The van der Waals surface area contributed by atoms with Crippen molar-refractivity contribution in [1.82, 2.24) is 15.6 Å². The zero-order valence-corrected chi connectivity index (χ0v) is 17.4. The molecule has 1 aromatic heterocycles. The van der Waals surface area contributed by atoms with Crippen LogP contribution in [0.1, 0.15) is 41.8 Å². The third kappa shape index (κ3) is 9.09. The predicted molar refractivity (Wildman–Crippen MR) is 106 cm³/mol. The molecule has 0 unspecified atom stereocenters. The maximum Gasteiger partial charge on any atom is 0.305 e. The number of nitrogens with zero attached hydrogens (tertiary/aromatic N) is 2. The van der Waals surface area contributed by atoms with Crippen LogP contribution in [0.5, 0.6) is 0 Å². The van der Waals surface area contributed by atoms with Crippen LogP contribution >= 0.6 is 35.3 Å². The third-order valence-electron chi connectivity index (χ3n) is 3.05. The largest absolute Gasteiger partial charge is 0.469 e. The average Bonchev–Trinajstić information content (AvgIpc) is 2.81. The van der Waals surface area contributed by atoms with Gasteiger partial charge in [-0.25, -0.2) is 9.98 Å². The molecule has 0 aliphatic carbocycles. The number of hydrogen-bond acceptors (Lipinski definition) is 5. The first-order valence-corrected chi connectivity index (χ1v) is 8.40. The van der Waals surface area contributed by atoms with E-state index in [0.717, 1.165) is 42.6 Å². The maximum absolute atomic E-state index is 11.0. The van der Waals surface area contributed by atoms with Gasteiger partial charge in [-0.2, -0.15) is 0 Å². The van der Waals surface area contributed by atoms with E-state index in [1.807, 2.05) is 20.8 Å². The van der Waals surface area contributed by atoms with Crippen molar-refractivity contribution in [2.45, 2.75) is 46.6 Å². The number of halogens is 1. The summed E-state index contributed by atoms with van der Waals surface area (Å²) >= 11 is 1.69. The second-order valence-corrected chi connectivity index (χ2v) is 6.18. The Labute approximate surface area is 159 Å². The van der Waals surface area contributed by atoms with Gasteiger partial charge in [0.2, 0.25) is 0 Å². The number of ether oxygens (including phenoxy) is 1. The first kappa shape index (κ1) is 22.1. The van der Waals surface area contributed by atoms with Gasteiger partial charge in [0.25, 0.3) is 0 Å². The van der Waals surface area contributed by atoms with Crippen LogP contribution in [0.15, 0.2) is 4.99 Å². The molecule has 0 saturated heterocycles. The van der Waals surface area contributed by atoms with E-state index in [0.29, 0.717) is 13.0 Å². The molecule has 132 valence electrons. The van der Waals surface area contributed by atoms with E-state index in [2.05, 4.69) is 25.3 Å². The zero-order valence-electron chi connectivity index (χ0n) is 14.3. The van der Waals surface area contributed by atoms with Gasteiger partial charge in [-0.1, -0.05) is 0 Å². The van der Waals surface area contributed by atoms with E-state index >= 15 is 0 Å². The molecule has 0 fully saturated rings. The number of esters is 1. The van der Waals surface area contributed by atoms with Gasteiger partial charge in [0, 0.05) is 24.4 Å². The molecular weight excluding hydrogens is 427 g/mol. The molecule has 6 nitrogen and oxygen atoms in total. The number of aromatic nitrogens is 1. The van der Waals surface area contributed by atoms with Crippen molar-refractivity contribution in [3.63, 3.8) is 0 Å². The summed E-state index contributed by atoms with van der Waals surface area (Å²) in [6, 6.07) is 0. The lowest BCUT2D eigenvalue weighted by atomic mass is 10.2. The van der Waals surface area contributed by atoms with Crippen LogP contribution in [0, 0.1) is 13.8 Å². The number of nitrogens with one attached hydrogen (secondary N) is 2. The van der Waals surface area contributed by atoms with Crippen molar-refractivity contribution in [1.29, 1.82) is 0 Å². The minimum atomic E-state index is -0.156. The number of aryl methyl sites for hydroxylation is 2. The lowest BCUT2D eigenvalue weighted by molar-refractivity contribution is -0.140. The maximum atomic E-state index is 11.0. The van der Waals surface area contributed by atoms with Crippen LogP contribution in [-0.2, 0) is 16.1 Å². The van der Waals surface area contributed by atoms with E-state index < -0.39 is 0 Å². The van der Waals surface area contributed by atoms with Crippen molar-refractivity contribution in [3.8, 4) is 0 Å². The minimum Gasteiger partial charge on any atom is -0.469 e. The van der Waals surface area contributed by atoms with Gasteiger partial charge >= 0.3 is 5.97 Å². The van der Waals surface area contributed by atoms with Crippen molar-refractivity contribution < 1.29 is 9.53 Å². The molecule has 0 saturated carbocycles. The van der Waals surface area contributed by atoms with Crippen LogP contribution in [0.2, 0.25) is 0 Å². The molecule has 0 amide bonds. The molecular formula is C15H27IN4O2S. The molecule has 0 atom stereocenters. The standard InChI is InChI=1S/C15H26N4O2S.HI/c1-5-16-15(17-9-7-6-8-14(20)21-4)18-10-13-11(2)19-12(3)22-13;/h5-10H2,1-4H3,(H2,16,17,18);1H. The Morgan fingerprint density at radius 1 is 1.30 bits per heavy atom. The molecule has 0 aliphatic rings. The summed E-state index contributed by atoms with van der Waals surface area (Å²) in [5.74, 6) is 0.641. The van der Waals surface area contributed by atoms with Gasteiger partial charge in [-0.15, -0.1) is 35.3 Å². The van der Waals surface area contributed by atoms with Crippen LogP contribution in [-0.4, -0.2) is 37.1 Å². The lowest BCUT2D eigenvalue weighted by Gasteiger charge is -2.10. The van der Waals surface area contributed by atoms with Gasteiger partial charge in [0.05, 0.1) is 24.4 Å². The van der Waals surface area contributed by atoms with Crippen LogP contribution in [0.4, 0.5) is 0 Å². The number of guanidine groups is 1. The van der Waals surface area contributed by atoms with E-state index in [1.165, 1.54) is 12.0 Å². The van der Waals surface area contributed by atoms with Crippen molar-refractivity contribution in [2.24, 2.45) is 4.99 Å². The molecule has 0 spiro atoms. The van der Waals surface area contributed by atoms with E-state index in [9.17, 15) is 4.79 Å². The highest BCUT2D eigenvalue weighted by Gasteiger charge is 2.05. The predicted octanol–water partition coefficient (Wildman–Crippen LogP) is 2.78. The monoisotopic (exact) mass is 454 g/mol. The first-order chi connectivity index (χ1) is 10.6. The van der Waals surface area contributed by atoms with Gasteiger partial charge < -0.3 is 15.4 Å². The molecule has 0 bridgehead atoms. The van der Waals surface area contributed by atoms with Gasteiger partial charge in [-0.3, -0.25) is 4.79 Å². The number of hydrogen-bond donors (Lipinski definition) is 2. The van der Waals surface area contributed by atoms with Crippen molar-refractivity contribution >= 4 is 47.2 Å². The molecule has 0 aromatic carbocycles. The number of methoxy groups -OCH3 is 1. The number of unbranched alkanes of at least 4 members (excludes halogenated alkanes) is 1. The quantitative estimate of drug-likeness (QED) is 0.208. The number of aliphatic imine (C=N–C) groups is 1. The summed E-state index contributed by atoms with van der Waals surface area (Å²) in [6.45, 7) is 8.29. The highest BCUT2D eigenvalue weighted by molar-refractivity contribution is 14.0. The van der Waals surface area contributed by atoms with Crippen molar-refractivity contribution in [3.05, 3.63) is 15.6 Å².